The summed E-state index contributed by atoms with van der Waals surface area (Å²) in [7, 11) is 0. The fraction of sp³-hybridized carbons (Fsp3) is 0.450. The molecule has 1 aromatic carbocycles. The van der Waals surface area contributed by atoms with Crippen LogP contribution in [-0.2, 0) is 4.74 Å². The molecule has 0 unspecified atom stereocenters. The van der Waals surface area contributed by atoms with Crippen LogP contribution in [0.25, 0.3) is 0 Å². The van der Waals surface area contributed by atoms with E-state index in [4.69, 9.17) is 4.74 Å². The molecular weight excluding hydrogens is 412 g/mol. The molecule has 2 aliphatic heterocycles. The third-order valence-corrected chi connectivity index (χ3v) is 6.02. The number of ether oxygens (including phenoxy) is 1. The number of halogens is 2. The molecule has 7 nitrogen and oxygen atoms in total. The summed E-state index contributed by atoms with van der Waals surface area (Å²) in [6, 6.07) is 8.55. The summed E-state index contributed by atoms with van der Waals surface area (Å²) in [6.07, 6.45) is 1.76. The third kappa shape index (κ3) is 4.81. The molecule has 0 bridgehead atoms. The lowest BCUT2D eigenvalue weighted by atomic mass is 10.2. The lowest BCUT2D eigenvalue weighted by Gasteiger charge is -2.36. The number of benzene rings is 1. The first-order valence-electron chi connectivity index (χ1n) is 9.85. The first kappa shape index (κ1) is 20.8. The highest BCUT2D eigenvalue weighted by molar-refractivity contribution is 7.99. The van der Waals surface area contributed by atoms with E-state index in [9.17, 15) is 13.6 Å². The van der Waals surface area contributed by atoms with Gasteiger partial charge in [0.1, 0.15) is 0 Å². The number of morpholine rings is 1. The number of carbonyl (C=O) groups excluding carboxylic acids is 1. The molecule has 1 aromatic heterocycles. The number of alkyl halides is 2. The monoisotopic (exact) mass is 435 g/mol. The average molecular weight is 436 g/mol. The molecule has 4 rings (SSSR count). The third-order valence-electron chi connectivity index (χ3n) is 5.23. The summed E-state index contributed by atoms with van der Waals surface area (Å²) in [5.74, 6) is -2.00. The molecule has 160 valence electrons. The molecule has 0 saturated carbocycles. The molecule has 3 heterocycles. The topological polar surface area (TPSA) is 61.8 Å². The van der Waals surface area contributed by atoms with E-state index in [0.29, 0.717) is 61.6 Å². The second-order valence-corrected chi connectivity index (χ2v) is 8.06. The Bertz CT molecular complexity index is 874. The number of amides is 1. The average Bonchev–Trinajstić information content (AvgIpc) is 2.79. The van der Waals surface area contributed by atoms with Gasteiger partial charge in [-0.2, -0.15) is 13.9 Å². The van der Waals surface area contributed by atoms with Gasteiger partial charge in [-0.25, -0.2) is 0 Å². The van der Waals surface area contributed by atoms with Crippen molar-refractivity contribution in [3.8, 4) is 0 Å². The van der Waals surface area contributed by atoms with Gasteiger partial charge in [0.05, 0.1) is 30.7 Å². The summed E-state index contributed by atoms with van der Waals surface area (Å²) < 4.78 is 31.0. The van der Waals surface area contributed by atoms with Crippen molar-refractivity contribution in [3.63, 3.8) is 0 Å². The molecule has 30 heavy (non-hydrogen) atoms. The zero-order valence-electron chi connectivity index (χ0n) is 16.4. The number of carbonyl (C=O) groups is 1. The van der Waals surface area contributed by atoms with Gasteiger partial charge in [-0.3, -0.25) is 4.79 Å². The van der Waals surface area contributed by atoms with Gasteiger partial charge in [0.15, 0.2) is 5.82 Å². The quantitative estimate of drug-likeness (QED) is 0.669. The highest BCUT2D eigenvalue weighted by atomic mass is 32.2. The first-order chi connectivity index (χ1) is 14.6. The Morgan fingerprint density at radius 2 is 1.77 bits per heavy atom. The predicted octanol–water partition coefficient (Wildman–Crippen LogP) is 2.59. The van der Waals surface area contributed by atoms with Crippen molar-refractivity contribution >= 4 is 29.2 Å². The highest BCUT2D eigenvalue weighted by Crippen LogP contribution is 2.29. The second-order valence-electron chi connectivity index (χ2n) is 7.03. The Morgan fingerprint density at radius 3 is 2.50 bits per heavy atom. The molecule has 1 amide bonds. The van der Waals surface area contributed by atoms with Crippen LogP contribution in [0, 0.1) is 0 Å². The molecule has 2 fully saturated rings. The van der Waals surface area contributed by atoms with E-state index in [-0.39, 0.29) is 5.91 Å². The smallest absolute Gasteiger partial charge is 0.288 e. The predicted molar refractivity (Wildman–Crippen MR) is 111 cm³/mol. The zero-order valence-corrected chi connectivity index (χ0v) is 17.2. The van der Waals surface area contributed by atoms with Gasteiger partial charge in [0.25, 0.3) is 11.7 Å². The van der Waals surface area contributed by atoms with Crippen LogP contribution in [0.1, 0.15) is 10.4 Å². The van der Waals surface area contributed by atoms with Gasteiger partial charge < -0.3 is 19.4 Å². The number of piperazine rings is 1. The number of anilines is 2. The summed E-state index contributed by atoms with van der Waals surface area (Å²) in [6.45, 7) is 5.25. The standard InChI is InChI=1S/C20H23F2N5O2S/c21-20(22)30-17-4-2-1-3-16(17)19(28)27-7-5-26(6-8-27)18-13-15(14-23-24-18)25-9-11-29-12-10-25/h1-4,13-14,20H,5-12H2. The fourth-order valence-electron chi connectivity index (χ4n) is 3.65. The van der Waals surface area contributed by atoms with Crippen LogP contribution in [0.5, 0.6) is 0 Å². The Balaban J connectivity index is 1.40. The first-order valence-corrected chi connectivity index (χ1v) is 10.7. The van der Waals surface area contributed by atoms with Crippen molar-refractivity contribution in [2.45, 2.75) is 10.7 Å². The summed E-state index contributed by atoms with van der Waals surface area (Å²) in [5, 5.41) is 8.41. The largest absolute Gasteiger partial charge is 0.378 e. The Labute approximate surface area is 178 Å². The lowest BCUT2D eigenvalue weighted by molar-refractivity contribution is 0.0743. The van der Waals surface area contributed by atoms with Crippen LogP contribution >= 0.6 is 11.8 Å². The van der Waals surface area contributed by atoms with E-state index in [0.717, 1.165) is 24.6 Å². The van der Waals surface area contributed by atoms with Gasteiger partial charge in [0, 0.05) is 50.2 Å². The van der Waals surface area contributed by atoms with Crippen molar-refractivity contribution in [3.05, 3.63) is 42.1 Å². The SMILES string of the molecule is O=C(c1ccccc1SC(F)F)N1CCN(c2cc(N3CCOCC3)cnn2)CC1. The molecule has 2 aliphatic rings. The van der Waals surface area contributed by atoms with Gasteiger partial charge in [-0.15, -0.1) is 5.10 Å². The van der Waals surface area contributed by atoms with E-state index in [1.807, 2.05) is 6.07 Å². The van der Waals surface area contributed by atoms with Crippen molar-refractivity contribution in [1.29, 1.82) is 0 Å². The van der Waals surface area contributed by atoms with E-state index in [2.05, 4.69) is 20.0 Å². The van der Waals surface area contributed by atoms with Gasteiger partial charge in [-0.1, -0.05) is 23.9 Å². The van der Waals surface area contributed by atoms with Crippen molar-refractivity contribution in [2.75, 3.05) is 62.3 Å². The maximum atomic E-state index is 12.9. The van der Waals surface area contributed by atoms with Crippen molar-refractivity contribution in [2.24, 2.45) is 0 Å². The minimum atomic E-state index is -2.56. The summed E-state index contributed by atoms with van der Waals surface area (Å²) in [5.41, 5.74) is 1.34. The molecule has 0 radical (unpaired) electrons. The minimum Gasteiger partial charge on any atom is -0.378 e. The summed E-state index contributed by atoms with van der Waals surface area (Å²) >= 11 is 0.407. The van der Waals surface area contributed by atoms with Crippen LogP contribution in [0.15, 0.2) is 41.4 Å². The molecule has 0 spiro atoms. The van der Waals surface area contributed by atoms with Crippen LogP contribution in [-0.4, -0.2) is 79.2 Å². The lowest BCUT2D eigenvalue weighted by Crippen LogP contribution is -2.49. The van der Waals surface area contributed by atoms with Crippen LogP contribution < -0.4 is 9.80 Å². The van der Waals surface area contributed by atoms with Crippen molar-refractivity contribution < 1.29 is 18.3 Å². The number of aromatic nitrogens is 2. The van der Waals surface area contributed by atoms with E-state index in [1.165, 1.54) is 0 Å². The molecule has 2 aromatic rings. The van der Waals surface area contributed by atoms with E-state index in [1.54, 1.807) is 35.4 Å². The van der Waals surface area contributed by atoms with E-state index >= 15 is 0 Å². The number of rotatable bonds is 5. The highest BCUT2D eigenvalue weighted by Gasteiger charge is 2.26. The van der Waals surface area contributed by atoms with Gasteiger partial charge in [0.2, 0.25) is 0 Å². The maximum Gasteiger partial charge on any atom is 0.288 e. The second kappa shape index (κ2) is 9.57. The zero-order chi connectivity index (χ0) is 20.9. The Morgan fingerprint density at radius 1 is 1.03 bits per heavy atom. The molecule has 0 N–H and O–H groups in total. The normalized spacial score (nSPS) is 17.5. The van der Waals surface area contributed by atoms with Gasteiger partial charge in [-0.05, 0) is 12.1 Å². The van der Waals surface area contributed by atoms with Gasteiger partial charge >= 0.3 is 0 Å². The molecule has 10 heteroatoms. The number of thioether (sulfide) groups is 1. The van der Waals surface area contributed by atoms with E-state index < -0.39 is 5.76 Å². The van der Waals surface area contributed by atoms with Crippen LogP contribution in [0.2, 0.25) is 0 Å². The minimum absolute atomic E-state index is 0.216. The molecule has 0 aliphatic carbocycles. The molecule has 2 saturated heterocycles. The molecule has 0 atom stereocenters. The van der Waals surface area contributed by atoms with Crippen LogP contribution in [0.3, 0.4) is 0 Å². The van der Waals surface area contributed by atoms with Crippen molar-refractivity contribution in [1.82, 2.24) is 15.1 Å². The number of hydrogen-bond donors (Lipinski definition) is 0. The number of nitrogens with zero attached hydrogens (tertiary/aromatic N) is 5. The van der Waals surface area contributed by atoms with Crippen LogP contribution in [0.4, 0.5) is 20.3 Å². The molecular formula is C20H23F2N5O2S. The Hall–Kier alpha value is -2.46. The summed E-state index contributed by atoms with van der Waals surface area (Å²) in [4.78, 5) is 19.2. The Kier molecular flexibility index (Phi) is 6.63. The number of hydrogen-bond acceptors (Lipinski definition) is 7. The fourth-order valence-corrected chi connectivity index (χ4v) is 4.28. The maximum absolute atomic E-state index is 12.9.